The third-order valence-corrected chi connectivity index (χ3v) is 3.47. The minimum atomic E-state index is -4.48. The number of carbonyl (C=O) groups is 1. The van der Waals surface area contributed by atoms with Crippen LogP contribution in [0.2, 0.25) is 0 Å². The molecule has 0 aromatic heterocycles. The molecule has 1 aliphatic heterocycles. The van der Waals surface area contributed by atoms with E-state index < -0.39 is 23.7 Å². The fourth-order valence-corrected chi connectivity index (χ4v) is 2.25. The van der Waals surface area contributed by atoms with Crippen molar-refractivity contribution in [2.75, 3.05) is 25.1 Å². The van der Waals surface area contributed by atoms with E-state index >= 15 is 0 Å². The molecule has 118 valence electrons. The van der Waals surface area contributed by atoms with Crippen molar-refractivity contribution >= 4 is 39.9 Å². The molecule has 1 unspecified atom stereocenters. The topological polar surface area (TPSA) is 50.4 Å². The first kappa shape index (κ1) is 18.2. The lowest BCUT2D eigenvalue weighted by Gasteiger charge is -2.23. The van der Waals surface area contributed by atoms with Gasteiger partial charge in [0.2, 0.25) is 5.91 Å². The molecule has 21 heavy (non-hydrogen) atoms. The number of amides is 1. The lowest BCUT2D eigenvalue weighted by molar-refractivity contribution is -0.138. The Morgan fingerprint density at radius 3 is 2.71 bits per heavy atom. The second-order valence-corrected chi connectivity index (χ2v) is 5.12. The molecular formula is C12H13BrClF3N2O2. The fourth-order valence-electron chi connectivity index (χ4n) is 1.78. The van der Waals surface area contributed by atoms with E-state index in [0.717, 1.165) is 6.07 Å². The summed E-state index contributed by atoms with van der Waals surface area (Å²) in [6, 6.07) is 3.00. The molecule has 1 heterocycles. The Hall–Kier alpha value is -0.830. The molecule has 1 fully saturated rings. The molecule has 1 aromatic rings. The molecule has 4 nitrogen and oxygen atoms in total. The predicted octanol–water partition coefficient (Wildman–Crippen LogP) is 2.82. The van der Waals surface area contributed by atoms with Crippen LogP contribution in [0.15, 0.2) is 22.7 Å². The van der Waals surface area contributed by atoms with Crippen LogP contribution in [0.3, 0.4) is 0 Å². The second kappa shape index (κ2) is 7.44. The zero-order chi connectivity index (χ0) is 14.8. The normalized spacial score (nSPS) is 18.8. The van der Waals surface area contributed by atoms with E-state index in [9.17, 15) is 18.0 Å². The average molecular weight is 390 g/mol. The first-order chi connectivity index (χ1) is 9.38. The number of nitrogens with one attached hydrogen (secondary N) is 2. The van der Waals surface area contributed by atoms with Crippen LogP contribution in [0.1, 0.15) is 5.56 Å². The number of morpholine rings is 1. The quantitative estimate of drug-likeness (QED) is 0.818. The van der Waals surface area contributed by atoms with Crippen LogP contribution in [-0.2, 0) is 15.7 Å². The second-order valence-electron chi connectivity index (χ2n) is 4.26. The van der Waals surface area contributed by atoms with Gasteiger partial charge in [0.1, 0.15) is 6.04 Å². The minimum Gasteiger partial charge on any atom is -0.378 e. The third-order valence-electron chi connectivity index (χ3n) is 2.78. The molecule has 0 radical (unpaired) electrons. The predicted molar refractivity (Wildman–Crippen MR) is 77.6 cm³/mol. The number of halogens is 5. The van der Waals surface area contributed by atoms with Crippen molar-refractivity contribution in [3.63, 3.8) is 0 Å². The van der Waals surface area contributed by atoms with Gasteiger partial charge in [-0.3, -0.25) is 4.79 Å². The molecule has 1 aromatic carbocycles. The van der Waals surface area contributed by atoms with Crippen molar-refractivity contribution in [3.05, 3.63) is 28.2 Å². The molecule has 1 aliphatic rings. The molecule has 0 spiro atoms. The van der Waals surface area contributed by atoms with Crippen LogP contribution in [0.25, 0.3) is 0 Å². The minimum absolute atomic E-state index is 0. The van der Waals surface area contributed by atoms with E-state index in [1.165, 1.54) is 12.1 Å². The smallest absolute Gasteiger partial charge is 0.378 e. The van der Waals surface area contributed by atoms with E-state index in [4.69, 9.17) is 4.74 Å². The van der Waals surface area contributed by atoms with Crippen molar-refractivity contribution in [1.29, 1.82) is 0 Å². The van der Waals surface area contributed by atoms with Crippen LogP contribution in [0.5, 0.6) is 0 Å². The Morgan fingerprint density at radius 2 is 2.14 bits per heavy atom. The molecule has 0 saturated carbocycles. The van der Waals surface area contributed by atoms with Crippen molar-refractivity contribution in [2.24, 2.45) is 0 Å². The summed E-state index contributed by atoms with van der Waals surface area (Å²) in [4.78, 5) is 11.9. The number of anilines is 1. The summed E-state index contributed by atoms with van der Waals surface area (Å²) in [5.41, 5.74) is -0.735. The number of ether oxygens (including phenoxy) is 1. The summed E-state index contributed by atoms with van der Waals surface area (Å²) in [6.07, 6.45) is -4.48. The summed E-state index contributed by atoms with van der Waals surface area (Å²) in [6.45, 7) is 1.25. The monoisotopic (exact) mass is 388 g/mol. The highest BCUT2D eigenvalue weighted by Gasteiger charge is 2.33. The van der Waals surface area contributed by atoms with E-state index in [-0.39, 0.29) is 29.2 Å². The molecule has 1 amide bonds. The lowest BCUT2D eigenvalue weighted by Crippen LogP contribution is -2.48. The van der Waals surface area contributed by atoms with Crippen molar-refractivity contribution < 1.29 is 22.7 Å². The number of carbonyl (C=O) groups excluding carboxylic acids is 1. The summed E-state index contributed by atoms with van der Waals surface area (Å²) in [5.74, 6) is -0.417. The van der Waals surface area contributed by atoms with E-state index in [1.54, 1.807) is 0 Å². The lowest BCUT2D eigenvalue weighted by atomic mass is 10.2. The van der Waals surface area contributed by atoms with Gasteiger partial charge in [0.15, 0.2) is 0 Å². The van der Waals surface area contributed by atoms with E-state index in [0.29, 0.717) is 13.2 Å². The van der Waals surface area contributed by atoms with Crippen LogP contribution >= 0.6 is 28.3 Å². The summed E-state index contributed by atoms with van der Waals surface area (Å²) in [7, 11) is 0. The molecule has 2 N–H and O–H groups in total. The van der Waals surface area contributed by atoms with Gasteiger partial charge in [-0.1, -0.05) is 15.9 Å². The Balaban J connectivity index is 0.00000220. The number of benzene rings is 1. The SMILES string of the molecule is Cl.O=C(Nc1ccc(Br)c(C(F)(F)F)c1)C1COCCN1. The van der Waals surface area contributed by atoms with Gasteiger partial charge in [-0.25, -0.2) is 0 Å². The molecule has 1 atom stereocenters. The van der Waals surface area contributed by atoms with Crippen molar-refractivity contribution in [1.82, 2.24) is 5.32 Å². The molecule has 0 aliphatic carbocycles. The van der Waals surface area contributed by atoms with Crippen LogP contribution in [-0.4, -0.2) is 31.7 Å². The maximum Gasteiger partial charge on any atom is 0.417 e. The molecular weight excluding hydrogens is 376 g/mol. The molecule has 2 rings (SSSR count). The largest absolute Gasteiger partial charge is 0.417 e. The molecule has 0 bridgehead atoms. The number of rotatable bonds is 2. The number of hydrogen-bond acceptors (Lipinski definition) is 3. The highest BCUT2D eigenvalue weighted by molar-refractivity contribution is 9.10. The zero-order valence-electron chi connectivity index (χ0n) is 10.7. The molecule has 1 saturated heterocycles. The standard InChI is InChI=1S/C12H12BrF3N2O2.ClH/c13-9-2-1-7(5-8(9)12(14,15)16)18-11(19)10-6-20-4-3-17-10;/h1-2,5,10,17H,3-4,6H2,(H,18,19);1H. The maximum atomic E-state index is 12.7. The van der Waals surface area contributed by atoms with Crippen molar-refractivity contribution in [2.45, 2.75) is 12.2 Å². The summed E-state index contributed by atoms with van der Waals surface area (Å²) >= 11 is 2.84. The van der Waals surface area contributed by atoms with Gasteiger partial charge in [0.25, 0.3) is 0 Å². The first-order valence-electron chi connectivity index (χ1n) is 5.86. The Bertz CT molecular complexity index is 508. The number of alkyl halides is 3. The van der Waals surface area contributed by atoms with Gasteiger partial charge in [-0.05, 0) is 18.2 Å². The van der Waals surface area contributed by atoms with Gasteiger partial charge < -0.3 is 15.4 Å². The third kappa shape index (κ3) is 4.84. The summed E-state index contributed by atoms with van der Waals surface area (Å²) in [5, 5.41) is 5.38. The van der Waals surface area contributed by atoms with Gasteiger partial charge in [0.05, 0.1) is 18.8 Å². The highest BCUT2D eigenvalue weighted by atomic mass is 79.9. The van der Waals surface area contributed by atoms with Gasteiger partial charge >= 0.3 is 6.18 Å². The summed E-state index contributed by atoms with van der Waals surface area (Å²) < 4.78 is 43.3. The maximum absolute atomic E-state index is 12.7. The first-order valence-corrected chi connectivity index (χ1v) is 6.66. The highest BCUT2D eigenvalue weighted by Crippen LogP contribution is 2.36. The fraction of sp³-hybridized carbons (Fsp3) is 0.417. The van der Waals surface area contributed by atoms with Gasteiger partial charge in [0, 0.05) is 16.7 Å². The van der Waals surface area contributed by atoms with Crippen molar-refractivity contribution in [3.8, 4) is 0 Å². The van der Waals surface area contributed by atoms with Crippen LogP contribution < -0.4 is 10.6 Å². The average Bonchev–Trinajstić information content (AvgIpc) is 2.40. The Labute approximate surface area is 134 Å². The van der Waals surface area contributed by atoms with Gasteiger partial charge in [-0.15, -0.1) is 12.4 Å². The zero-order valence-corrected chi connectivity index (χ0v) is 13.1. The van der Waals surface area contributed by atoms with E-state index in [1.807, 2.05) is 0 Å². The van der Waals surface area contributed by atoms with Gasteiger partial charge in [-0.2, -0.15) is 13.2 Å². The number of hydrogen-bond donors (Lipinski definition) is 2. The Morgan fingerprint density at radius 1 is 1.43 bits per heavy atom. The van der Waals surface area contributed by atoms with E-state index in [2.05, 4.69) is 26.6 Å². The van der Waals surface area contributed by atoms with Crippen LogP contribution in [0.4, 0.5) is 18.9 Å². The van der Waals surface area contributed by atoms with Crippen LogP contribution in [0, 0.1) is 0 Å². The molecule has 9 heteroatoms. The Kier molecular flexibility index (Phi) is 6.45.